The van der Waals surface area contributed by atoms with Gasteiger partial charge >= 0.3 is 5.97 Å². The molecule has 0 amide bonds. The molecule has 0 fully saturated rings. The van der Waals surface area contributed by atoms with E-state index in [2.05, 4.69) is 9.72 Å². The van der Waals surface area contributed by atoms with E-state index in [-0.39, 0.29) is 23.7 Å². The number of nitrogens with one attached hydrogen (secondary N) is 1. The van der Waals surface area contributed by atoms with Crippen LogP contribution in [0.2, 0.25) is 0 Å². The first-order valence-electron chi connectivity index (χ1n) is 4.78. The van der Waals surface area contributed by atoms with Crippen molar-refractivity contribution in [3.05, 3.63) is 33.2 Å². The van der Waals surface area contributed by atoms with E-state index in [1.165, 1.54) is 0 Å². The van der Waals surface area contributed by atoms with E-state index in [1.54, 1.807) is 6.92 Å². The first kappa shape index (κ1) is 13.6. The number of aromatic nitrogens is 1. The van der Waals surface area contributed by atoms with E-state index in [0.29, 0.717) is 0 Å². The van der Waals surface area contributed by atoms with Gasteiger partial charge in [-0.25, -0.2) is 13.6 Å². The number of ether oxygens (including phenoxy) is 1. The van der Waals surface area contributed by atoms with Crippen molar-refractivity contribution in [2.24, 2.45) is 0 Å². The summed E-state index contributed by atoms with van der Waals surface area (Å²) < 4.78 is 29.7. The molecule has 1 heterocycles. The molecule has 0 bridgehead atoms. The van der Waals surface area contributed by atoms with Crippen molar-refractivity contribution in [2.75, 3.05) is 6.61 Å². The number of pyridine rings is 1. The molecule has 7 heteroatoms. The maximum absolute atomic E-state index is 12.5. The Kier molecular flexibility index (Phi) is 4.62. The molecular weight excluding hydrogens is 256 g/mol. The third-order valence-corrected chi connectivity index (χ3v) is 2.28. The Labute approximate surface area is 101 Å². The van der Waals surface area contributed by atoms with Crippen LogP contribution in [-0.4, -0.2) is 17.6 Å². The SMILES string of the molecule is CCOC(=O)c1cc(C(F)F)c(=O)[nH]c1CCl. The first-order valence-corrected chi connectivity index (χ1v) is 5.32. The van der Waals surface area contributed by atoms with Gasteiger partial charge in [0.1, 0.15) is 0 Å². The summed E-state index contributed by atoms with van der Waals surface area (Å²) in [5, 5.41) is 0. The zero-order chi connectivity index (χ0) is 13.0. The molecule has 0 unspecified atom stereocenters. The Bertz CT molecular complexity index is 473. The lowest BCUT2D eigenvalue weighted by Gasteiger charge is -2.08. The summed E-state index contributed by atoms with van der Waals surface area (Å²) >= 11 is 5.51. The molecule has 4 nitrogen and oxygen atoms in total. The van der Waals surface area contributed by atoms with Gasteiger partial charge in [0.25, 0.3) is 12.0 Å². The van der Waals surface area contributed by atoms with Gasteiger partial charge in [-0.1, -0.05) is 0 Å². The molecule has 17 heavy (non-hydrogen) atoms. The van der Waals surface area contributed by atoms with Crippen LogP contribution in [0.4, 0.5) is 8.78 Å². The quantitative estimate of drug-likeness (QED) is 0.671. The topological polar surface area (TPSA) is 59.2 Å². The molecule has 1 aromatic rings. The minimum atomic E-state index is -2.96. The predicted molar refractivity (Wildman–Crippen MR) is 57.5 cm³/mol. The Morgan fingerprint density at radius 3 is 2.71 bits per heavy atom. The fourth-order valence-corrected chi connectivity index (χ4v) is 1.45. The van der Waals surface area contributed by atoms with Crippen molar-refractivity contribution in [2.45, 2.75) is 19.2 Å². The third kappa shape index (κ3) is 3.03. The maximum atomic E-state index is 12.5. The van der Waals surface area contributed by atoms with Crippen LogP contribution < -0.4 is 5.56 Å². The van der Waals surface area contributed by atoms with Crippen molar-refractivity contribution in [3.8, 4) is 0 Å². The number of H-pyrrole nitrogens is 1. The highest BCUT2D eigenvalue weighted by Gasteiger charge is 2.20. The minimum absolute atomic E-state index is 0.0690. The molecule has 0 spiro atoms. The molecule has 1 N–H and O–H groups in total. The Morgan fingerprint density at radius 1 is 1.59 bits per heavy atom. The summed E-state index contributed by atoms with van der Waals surface area (Å²) in [6.45, 7) is 1.68. The molecule has 0 aliphatic carbocycles. The molecule has 1 aromatic heterocycles. The van der Waals surface area contributed by atoms with Gasteiger partial charge in [0.2, 0.25) is 0 Å². The van der Waals surface area contributed by atoms with Crippen LogP contribution in [-0.2, 0) is 10.6 Å². The number of rotatable bonds is 4. The van der Waals surface area contributed by atoms with E-state index in [9.17, 15) is 18.4 Å². The van der Waals surface area contributed by atoms with E-state index in [1.807, 2.05) is 0 Å². The number of carbonyl (C=O) groups is 1. The van der Waals surface area contributed by atoms with E-state index < -0.39 is 23.5 Å². The van der Waals surface area contributed by atoms with Crippen molar-refractivity contribution in [1.82, 2.24) is 4.98 Å². The van der Waals surface area contributed by atoms with Crippen molar-refractivity contribution < 1.29 is 18.3 Å². The van der Waals surface area contributed by atoms with Gasteiger partial charge in [-0.3, -0.25) is 4.79 Å². The lowest BCUT2D eigenvalue weighted by atomic mass is 10.1. The second-order valence-corrected chi connectivity index (χ2v) is 3.37. The average molecular weight is 266 g/mol. The van der Waals surface area contributed by atoms with Crippen molar-refractivity contribution in [1.29, 1.82) is 0 Å². The number of carbonyl (C=O) groups excluding carboxylic acids is 1. The molecule has 0 aliphatic rings. The molecule has 0 radical (unpaired) electrons. The second kappa shape index (κ2) is 5.77. The molecule has 0 saturated carbocycles. The number of alkyl halides is 3. The fraction of sp³-hybridized carbons (Fsp3) is 0.400. The molecule has 94 valence electrons. The second-order valence-electron chi connectivity index (χ2n) is 3.10. The lowest BCUT2D eigenvalue weighted by Crippen LogP contribution is -2.19. The molecule has 0 saturated heterocycles. The van der Waals surface area contributed by atoms with Crippen LogP contribution in [0.25, 0.3) is 0 Å². The van der Waals surface area contributed by atoms with Crippen LogP contribution in [0.1, 0.15) is 35.0 Å². The molecular formula is C10H10ClF2NO3. The summed E-state index contributed by atoms with van der Waals surface area (Å²) in [4.78, 5) is 24.8. The predicted octanol–water partition coefficient (Wildman–Crippen LogP) is 2.23. The summed E-state index contributed by atoms with van der Waals surface area (Å²) in [5.74, 6) is -0.964. The zero-order valence-electron chi connectivity index (χ0n) is 8.93. The van der Waals surface area contributed by atoms with E-state index in [0.717, 1.165) is 6.07 Å². The van der Waals surface area contributed by atoms with Crippen molar-refractivity contribution in [3.63, 3.8) is 0 Å². The molecule has 1 rings (SSSR count). The normalized spacial score (nSPS) is 10.6. The first-order chi connectivity index (χ1) is 8.01. The van der Waals surface area contributed by atoms with E-state index >= 15 is 0 Å². The van der Waals surface area contributed by atoms with Crippen LogP contribution in [0.3, 0.4) is 0 Å². The van der Waals surface area contributed by atoms with Gasteiger partial charge in [0.05, 0.1) is 23.6 Å². The maximum Gasteiger partial charge on any atom is 0.339 e. The van der Waals surface area contributed by atoms with Crippen LogP contribution in [0.5, 0.6) is 0 Å². The van der Waals surface area contributed by atoms with Gasteiger partial charge < -0.3 is 9.72 Å². The van der Waals surface area contributed by atoms with Crippen LogP contribution in [0, 0.1) is 0 Å². The van der Waals surface area contributed by atoms with Crippen LogP contribution in [0.15, 0.2) is 10.9 Å². The number of esters is 1. The summed E-state index contributed by atoms with van der Waals surface area (Å²) in [5.41, 5.74) is -1.80. The lowest BCUT2D eigenvalue weighted by molar-refractivity contribution is 0.0524. The van der Waals surface area contributed by atoms with Crippen molar-refractivity contribution >= 4 is 17.6 Å². The van der Waals surface area contributed by atoms with Gasteiger partial charge in [0.15, 0.2) is 0 Å². The molecule has 0 aromatic carbocycles. The summed E-state index contributed by atoms with van der Waals surface area (Å²) in [6.07, 6.45) is -2.96. The monoisotopic (exact) mass is 265 g/mol. The fourth-order valence-electron chi connectivity index (χ4n) is 1.24. The minimum Gasteiger partial charge on any atom is -0.462 e. The molecule has 0 aliphatic heterocycles. The third-order valence-electron chi connectivity index (χ3n) is 2.02. The largest absolute Gasteiger partial charge is 0.462 e. The summed E-state index contributed by atoms with van der Waals surface area (Å²) in [7, 11) is 0. The van der Waals surface area contributed by atoms with Gasteiger partial charge in [-0.05, 0) is 13.0 Å². The highest BCUT2D eigenvalue weighted by atomic mass is 35.5. The number of halogens is 3. The number of hydrogen-bond donors (Lipinski definition) is 1. The van der Waals surface area contributed by atoms with Gasteiger partial charge in [0, 0.05) is 5.69 Å². The van der Waals surface area contributed by atoms with Gasteiger partial charge in [-0.15, -0.1) is 11.6 Å². The Hall–Kier alpha value is -1.43. The molecule has 0 atom stereocenters. The Balaban J connectivity index is 3.31. The highest BCUT2D eigenvalue weighted by Crippen LogP contribution is 2.18. The summed E-state index contributed by atoms with van der Waals surface area (Å²) in [6, 6.07) is 0.819. The highest BCUT2D eigenvalue weighted by molar-refractivity contribution is 6.17. The zero-order valence-corrected chi connectivity index (χ0v) is 9.68. The number of aromatic amines is 1. The van der Waals surface area contributed by atoms with Gasteiger partial charge in [-0.2, -0.15) is 0 Å². The Morgan fingerprint density at radius 2 is 2.24 bits per heavy atom. The van der Waals surface area contributed by atoms with E-state index in [4.69, 9.17) is 11.6 Å². The van der Waals surface area contributed by atoms with Crippen LogP contribution >= 0.6 is 11.6 Å². The average Bonchev–Trinajstić information content (AvgIpc) is 2.28. The number of hydrogen-bond acceptors (Lipinski definition) is 3. The standard InChI is InChI=1S/C10H10ClF2NO3/c1-2-17-10(16)5-3-6(8(12)13)9(15)14-7(5)4-11/h3,8H,2,4H2,1H3,(H,14,15). The smallest absolute Gasteiger partial charge is 0.339 e.